The molecule has 6 rings (SSSR count). The first-order chi connectivity index (χ1) is 19.3. The van der Waals surface area contributed by atoms with E-state index in [9.17, 15) is 9.18 Å². The molecule has 2 fully saturated rings. The van der Waals surface area contributed by atoms with Crippen LogP contribution in [0.2, 0.25) is 5.02 Å². The van der Waals surface area contributed by atoms with Gasteiger partial charge in [0.05, 0.1) is 30.5 Å². The standard InChI is InChI=1S/C30H31ClFN3O5/c1-30(24-7-5-20(31)15-25(24)32)39-26-4-2-3-23(29(26)40-30)19-9-12-34(13-10-19)18-27-33-21(6-8-28(36)37)16-35(27)17-22-11-14-38-22/h2-8,15-16,19,22H,9-14,17-18H2,1H3,(H,36,37)/b8-6+. The first kappa shape index (κ1) is 26.8. The van der Waals surface area contributed by atoms with Crippen molar-refractivity contribution in [1.29, 1.82) is 0 Å². The fourth-order valence-corrected chi connectivity index (χ4v) is 5.84. The summed E-state index contributed by atoms with van der Waals surface area (Å²) in [6.07, 6.45) is 7.56. The molecule has 0 bridgehead atoms. The number of fused-ring (bicyclic) bond motifs is 1. The minimum absolute atomic E-state index is 0.171. The Labute approximate surface area is 236 Å². The number of carboxylic acids is 1. The van der Waals surface area contributed by atoms with Crippen LogP contribution in [0, 0.1) is 5.82 Å². The molecule has 3 aliphatic heterocycles. The first-order valence-corrected chi connectivity index (χ1v) is 13.9. The number of carbonyl (C=O) groups is 1. The fraction of sp³-hybridized carbons (Fsp3) is 0.400. The third-order valence-corrected chi connectivity index (χ3v) is 8.13. The van der Waals surface area contributed by atoms with Crippen LogP contribution in [-0.4, -0.2) is 51.3 Å². The Balaban J connectivity index is 1.14. The van der Waals surface area contributed by atoms with E-state index in [1.807, 2.05) is 18.3 Å². The molecule has 2 atom stereocenters. The van der Waals surface area contributed by atoms with Crippen LogP contribution in [0.25, 0.3) is 6.08 Å². The zero-order valence-electron chi connectivity index (χ0n) is 22.2. The Morgan fingerprint density at radius 1 is 1.23 bits per heavy atom. The van der Waals surface area contributed by atoms with Crippen molar-refractivity contribution in [1.82, 2.24) is 14.5 Å². The van der Waals surface area contributed by atoms with Gasteiger partial charge in [0.1, 0.15) is 11.6 Å². The molecule has 0 spiro atoms. The van der Waals surface area contributed by atoms with Crippen molar-refractivity contribution in [3.8, 4) is 11.5 Å². The van der Waals surface area contributed by atoms with E-state index in [1.54, 1.807) is 19.1 Å². The zero-order valence-corrected chi connectivity index (χ0v) is 22.9. The molecule has 3 aromatic rings. The third kappa shape index (κ3) is 5.46. The van der Waals surface area contributed by atoms with E-state index in [0.29, 0.717) is 40.9 Å². The largest absolute Gasteiger partial charge is 0.478 e. The zero-order chi connectivity index (χ0) is 27.9. The predicted octanol–water partition coefficient (Wildman–Crippen LogP) is 5.59. The van der Waals surface area contributed by atoms with Crippen LogP contribution in [-0.2, 0) is 28.4 Å². The summed E-state index contributed by atoms with van der Waals surface area (Å²) in [5, 5.41) is 9.32. The lowest BCUT2D eigenvalue weighted by atomic mass is 9.88. The Morgan fingerprint density at radius 3 is 2.73 bits per heavy atom. The number of carboxylic acid groups (broad SMARTS) is 1. The van der Waals surface area contributed by atoms with Crippen molar-refractivity contribution in [2.75, 3.05) is 19.7 Å². The molecule has 1 N–H and O–H groups in total. The van der Waals surface area contributed by atoms with Gasteiger partial charge in [-0.05, 0) is 68.6 Å². The summed E-state index contributed by atoms with van der Waals surface area (Å²) < 4.78 is 34.9. The summed E-state index contributed by atoms with van der Waals surface area (Å²) in [6, 6.07) is 10.4. The van der Waals surface area contributed by atoms with Gasteiger partial charge in [0, 0.05) is 36.4 Å². The van der Waals surface area contributed by atoms with Gasteiger partial charge in [-0.15, -0.1) is 0 Å². The molecule has 0 aliphatic carbocycles. The monoisotopic (exact) mass is 567 g/mol. The lowest BCUT2D eigenvalue weighted by Crippen LogP contribution is -2.35. The van der Waals surface area contributed by atoms with E-state index in [4.69, 9.17) is 35.9 Å². The molecule has 0 saturated carbocycles. The molecule has 3 aliphatic rings. The normalized spacial score (nSPS) is 23.0. The first-order valence-electron chi connectivity index (χ1n) is 13.5. The van der Waals surface area contributed by atoms with Gasteiger partial charge in [-0.2, -0.15) is 0 Å². The molecule has 2 aromatic carbocycles. The number of halogens is 2. The Morgan fingerprint density at radius 2 is 2.02 bits per heavy atom. The highest BCUT2D eigenvalue weighted by Gasteiger charge is 2.43. The van der Waals surface area contributed by atoms with Crippen molar-refractivity contribution in [3.05, 3.63) is 82.2 Å². The number of rotatable bonds is 8. The number of hydrogen-bond donors (Lipinski definition) is 1. The molecule has 2 unspecified atom stereocenters. The lowest BCUT2D eigenvalue weighted by molar-refractivity contribution is -0.131. The third-order valence-electron chi connectivity index (χ3n) is 7.89. The average molecular weight is 568 g/mol. The Bertz CT molecular complexity index is 1450. The second kappa shape index (κ2) is 10.9. The molecule has 10 heteroatoms. The van der Waals surface area contributed by atoms with Crippen LogP contribution >= 0.6 is 11.6 Å². The number of ether oxygens (including phenoxy) is 3. The molecule has 0 amide bonds. The molecular weight excluding hydrogens is 537 g/mol. The van der Waals surface area contributed by atoms with Gasteiger partial charge in [0.25, 0.3) is 5.79 Å². The maximum Gasteiger partial charge on any atom is 0.328 e. The van der Waals surface area contributed by atoms with Crippen LogP contribution in [0.15, 0.2) is 48.7 Å². The second-order valence-corrected chi connectivity index (χ2v) is 11.1. The van der Waals surface area contributed by atoms with Gasteiger partial charge >= 0.3 is 5.97 Å². The molecule has 210 valence electrons. The molecule has 40 heavy (non-hydrogen) atoms. The van der Waals surface area contributed by atoms with Gasteiger partial charge in [-0.25, -0.2) is 14.2 Å². The summed E-state index contributed by atoms with van der Waals surface area (Å²) in [7, 11) is 0. The van der Waals surface area contributed by atoms with Crippen LogP contribution in [0.1, 0.15) is 54.7 Å². The van der Waals surface area contributed by atoms with Crippen LogP contribution in [0.3, 0.4) is 0 Å². The quantitative estimate of drug-likeness (QED) is 0.355. The average Bonchev–Trinajstić information content (AvgIpc) is 3.45. The molecule has 0 radical (unpaired) electrons. The summed E-state index contributed by atoms with van der Waals surface area (Å²) in [5.74, 6) is -0.298. The number of hydrogen-bond acceptors (Lipinski definition) is 6. The van der Waals surface area contributed by atoms with Crippen molar-refractivity contribution in [2.24, 2.45) is 0 Å². The lowest BCUT2D eigenvalue weighted by Gasteiger charge is -2.33. The smallest absolute Gasteiger partial charge is 0.328 e. The highest BCUT2D eigenvalue weighted by Crippen LogP contribution is 2.49. The predicted molar refractivity (Wildman–Crippen MR) is 147 cm³/mol. The van der Waals surface area contributed by atoms with Gasteiger partial charge in [-0.3, -0.25) is 4.90 Å². The highest BCUT2D eigenvalue weighted by atomic mass is 35.5. The van der Waals surface area contributed by atoms with Crippen molar-refractivity contribution < 1.29 is 28.5 Å². The number of imidazole rings is 1. The number of piperidine rings is 1. The fourth-order valence-electron chi connectivity index (χ4n) is 5.68. The maximum atomic E-state index is 14.8. The van der Waals surface area contributed by atoms with Gasteiger partial charge in [-0.1, -0.05) is 23.7 Å². The molecular formula is C30H31ClFN3O5. The summed E-state index contributed by atoms with van der Waals surface area (Å²) in [6.45, 7) is 5.61. The van der Waals surface area contributed by atoms with Gasteiger partial charge in [0.15, 0.2) is 11.5 Å². The minimum atomic E-state index is -1.28. The molecule has 2 saturated heterocycles. The number of para-hydroxylation sites is 1. The van der Waals surface area contributed by atoms with Crippen LogP contribution in [0.5, 0.6) is 11.5 Å². The van der Waals surface area contributed by atoms with E-state index in [1.165, 1.54) is 12.1 Å². The van der Waals surface area contributed by atoms with E-state index in [-0.39, 0.29) is 12.0 Å². The number of nitrogens with zero attached hydrogens (tertiary/aromatic N) is 3. The summed E-state index contributed by atoms with van der Waals surface area (Å²) in [4.78, 5) is 18.1. The topological polar surface area (TPSA) is 86.1 Å². The van der Waals surface area contributed by atoms with E-state index in [2.05, 4.69) is 15.5 Å². The maximum absolute atomic E-state index is 14.8. The van der Waals surface area contributed by atoms with Crippen LogP contribution < -0.4 is 9.47 Å². The van der Waals surface area contributed by atoms with Gasteiger partial charge < -0.3 is 23.9 Å². The highest BCUT2D eigenvalue weighted by molar-refractivity contribution is 6.30. The number of likely N-dealkylation sites (tertiary alicyclic amines) is 1. The van der Waals surface area contributed by atoms with Crippen LogP contribution in [0.4, 0.5) is 4.39 Å². The Kier molecular flexibility index (Phi) is 7.29. The summed E-state index contributed by atoms with van der Waals surface area (Å²) >= 11 is 5.95. The molecule has 8 nitrogen and oxygen atoms in total. The second-order valence-electron chi connectivity index (χ2n) is 10.7. The van der Waals surface area contributed by atoms with Gasteiger partial charge in [0.2, 0.25) is 0 Å². The molecule has 1 aromatic heterocycles. The number of aromatic nitrogens is 2. The van der Waals surface area contributed by atoms with Crippen molar-refractivity contribution >= 4 is 23.6 Å². The van der Waals surface area contributed by atoms with E-state index >= 15 is 0 Å². The number of aliphatic carboxylic acids is 1. The van der Waals surface area contributed by atoms with E-state index in [0.717, 1.165) is 56.4 Å². The van der Waals surface area contributed by atoms with Crippen molar-refractivity contribution in [2.45, 2.75) is 57.1 Å². The van der Waals surface area contributed by atoms with E-state index < -0.39 is 17.6 Å². The SMILES string of the molecule is CC1(c2ccc(Cl)cc2F)Oc2cccc(C3CCN(Cc4nc(/C=C/C(=O)O)cn4CC4CCO4)CC3)c2O1. The Hall–Kier alpha value is -3.40. The number of benzene rings is 2. The summed E-state index contributed by atoms with van der Waals surface area (Å²) in [5.41, 5.74) is 2.00. The molecule has 4 heterocycles. The van der Waals surface area contributed by atoms with Crippen molar-refractivity contribution in [3.63, 3.8) is 0 Å². The minimum Gasteiger partial charge on any atom is -0.478 e.